The Hall–Kier alpha value is -1.99. The van der Waals surface area contributed by atoms with E-state index < -0.39 is 0 Å². The molecule has 0 fully saturated rings. The number of rotatable bonds is 79. The molecule has 0 radical (unpaired) electrons. The zero-order chi connectivity index (χ0) is 73.0. The van der Waals surface area contributed by atoms with Gasteiger partial charge in [-0.05, 0) is 86.8 Å². The Bertz CT molecular complexity index is 2040. The summed E-state index contributed by atoms with van der Waals surface area (Å²) >= 11 is 2.05. The van der Waals surface area contributed by atoms with Crippen LogP contribution in [0.3, 0.4) is 0 Å². The minimum atomic E-state index is 1.03. The normalized spacial score (nSPS) is 12.5. The summed E-state index contributed by atoms with van der Waals surface area (Å²) in [6.07, 6.45) is 106. The molecular weight excluding hydrogens is 1280 g/mol. The Morgan fingerprint density at radius 1 is 0.196 bits per heavy atom. The van der Waals surface area contributed by atoms with Crippen molar-refractivity contribution < 1.29 is 19.1 Å². The maximum atomic E-state index is 12.1. The summed E-state index contributed by atoms with van der Waals surface area (Å²) in [6, 6.07) is 18.4. The summed E-state index contributed by atoms with van der Waals surface area (Å²) in [5.41, 5.74) is 22.0. The van der Waals surface area contributed by atoms with Crippen LogP contribution in [-0.4, -0.2) is 4.70 Å². The van der Waals surface area contributed by atoms with Crippen LogP contribution in [-0.2, 0) is 27.3 Å². The molecule has 0 unspecified atom stereocenters. The van der Waals surface area contributed by atoms with Gasteiger partial charge in [-0.2, -0.15) is 0 Å². The molecule has 1 heterocycles. The molecule has 2 nitrogen and oxygen atoms in total. The molecule has 3 rings (SSSR count). The summed E-state index contributed by atoms with van der Waals surface area (Å²) in [7, 11) is 0. The molecule has 0 aromatic heterocycles. The zero-order valence-corrected chi connectivity index (χ0v) is 71.3. The molecule has 0 aliphatic carbocycles. The molecule has 0 bridgehead atoms. The van der Waals surface area contributed by atoms with E-state index in [4.69, 9.17) is 0 Å². The Labute approximate surface area is 647 Å². The third-order valence-electron chi connectivity index (χ3n) is 22.9. The van der Waals surface area contributed by atoms with Gasteiger partial charge in [0.2, 0.25) is 11.4 Å². The van der Waals surface area contributed by atoms with E-state index in [1.54, 1.807) is 4.70 Å². The van der Waals surface area contributed by atoms with Gasteiger partial charge in [-0.25, -0.2) is 4.70 Å². The van der Waals surface area contributed by atoms with Crippen LogP contribution in [0.4, 0.5) is 0 Å². The van der Waals surface area contributed by atoms with Crippen molar-refractivity contribution in [2.45, 2.75) is 534 Å². The predicted molar refractivity (Wildman–Crippen MR) is 458 cm³/mol. The van der Waals surface area contributed by atoms with Gasteiger partial charge < -0.3 is 5.53 Å². The van der Waals surface area contributed by atoms with Crippen LogP contribution in [0.2, 0.25) is 10.8 Å². The van der Waals surface area contributed by atoms with Crippen LogP contribution in [0.25, 0.3) is 16.9 Å². The number of allylic oxidation sites excluding steroid dienone is 2. The first kappa shape index (κ1) is 96.1. The Morgan fingerprint density at radius 2 is 0.353 bits per heavy atom. The van der Waals surface area contributed by atoms with Gasteiger partial charge in [0.1, 0.15) is 0 Å². The first-order valence-electron chi connectivity index (χ1n) is 47.1. The van der Waals surface area contributed by atoms with Gasteiger partial charge >= 0.3 is 166 Å². The van der Waals surface area contributed by atoms with Crippen molar-refractivity contribution in [3.05, 3.63) is 87.5 Å². The van der Waals surface area contributed by atoms with E-state index in [2.05, 4.69) is 105 Å². The van der Waals surface area contributed by atoms with E-state index in [1.165, 1.54) is 489 Å². The number of hydrogen-bond acceptors (Lipinski definition) is 0. The number of aryl methyl sites for hydroxylation is 2. The van der Waals surface area contributed by atoms with Crippen LogP contribution in [0, 0.1) is 0 Å². The molecule has 2 aromatic carbocycles. The van der Waals surface area contributed by atoms with Crippen LogP contribution in [0.15, 0.2) is 59.7 Å². The zero-order valence-electron chi connectivity index (χ0n) is 70.3. The van der Waals surface area contributed by atoms with Gasteiger partial charge in [0.15, 0.2) is 0 Å². The minimum absolute atomic E-state index is 1.03. The molecule has 1 aliphatic rings. The van der Waals surface area contributed by atoms with E-state index in [1.807, 2.05) is 0 Å². The number of unbranched alkanes of at least 4 members (excludes halogenated alkanes) is 65. The SMILES string of the molecule is CCCCCCCCC1=C(c2ccc(CCCCCCCC)cc2)[N+](=[N-])C(c2ccc(CCCCCCCC)cc2)=C1CCCCC.CCCCCCCCCCCCCCCCCCCCCCCCCC[CH2][Ni][CH2]CCCCCCCCCCCCCCCCCCCCCCCCCC. The van der Waals surface area contributed by atoms with Crippen LogP contribution in [0.5, 0.6) is 0 Å². The summed E-state index contributed by atoms with van der Waals surface area (Å²) in [5, 5.41) is 2.87. The number of hydrogen-bond donors (Lipinski definition) is 0. The third kappa shape index (κ3) is 57.2. The van der Waals surface area contributed by atoms with Crippen LogP contribution >= 0.6 is 0 Å². The maximum absolute atomic E-state index is 12.1. The molecule has 0 atom stereocenters. The van der Waals surface area contributed by atoms with Crippen molar-refractivity contribution in [2.24, 2.45) is 0 Å². The average Bonchev–Trinajstić information content (AvgIpc) is 1.61. The number of benzene rings is 2. The minimum Gasteiger partial charge on any atom is -0.0654 e. The fourth-order valence-electron chi connectivity index (χ4n) is 16.0. The summed E-state index contributed by atoms with van der Waals surface area (Å²) in [6.45, 7) is 13.8. The fourth-order valence-corrected chi connectivity index (χ4v) is 17.2. The van der Waals surface area contributed by atoms with Gasteiger partial charge in [-0.3, -0.25) is 0 Å². The van der Waals surface area contributed by atoms with E-state index in [9.17, 15) is 5.53 Å². The Morgan fingerprint density at radius 3 is 0.559 bits per heavy atom. The molecular formula is C99H180N2Ni. The Kier molecular flexibility index (Phi) is 72.7. The summed E-state index contributed by atoms with van der Waals surface area (Å²) < 4.78 is 1.58. The fraction of sp³-hybridized carbons (Fsp3) is 0.838. The molecule has 0 amide bonds. The van der Waals surface area contributed by atoms with E-state index in [0.717, 1.165) is 48.2 Å². The average molecular weight is 1460 g/mol. The summed E-state index contributed by atoms with van der Waals surface area (Å²) in [4.78, 5) is 0. The third-order valence-corrected chi connectivity index (χ3v) is 24.3. The van der Waals surface area contributed by atoms with Gasteiger partial charge in [0.05, 0.1) is 0 Å². The molecule has 3 heteroatoms. The number of nitrogens with zero attached hydrogens (tertiary/aromatic N) is 2. The molecule has 1 aliphatic heterocycles. The van der Waals surface area contributed by atoms with E-state index >= 15 is 0 Å². The van der Waals surface area contributed by atoms with Crippen molar-refractivity contribution in [3.8, 4) is 0 Å². The van der Waals surface area contributed by atoms with Crippen molar-refractivity contribution >= 4 is 11.4 Å². The van der Waals surface area contributed by atoms with Crippen LogP contribution < -0.4 is 0 Å². The van der Waals surface area contributed by atoms with E-state index in [0.29, 0.717) is 0 Å². The molecule has 0 spiro atoms. The van der Waals surface area contributed by atoms with Crippen molar-refractivity contribution in [1.29, 1.82) is 0 Å². The first-order chi connectivity index (χ1) is 50.6. The van der Waals surface area contributed by atoms with Gasteiger partial charge in [-0.15, -0.1) is 0 Å². The van der Waals surface area contributed by atoms with Gasteiger partial charge in [-0.1, -0.05) is 355 Å². The second-order valence-electron chi connectivity index (χ2n) is 32.8. The predicted octanol–water partition coefficient (Wildman–Crippen LogP) is 36.4. The van der Waals surface area contributed by atoms with Crippen molar-refractivity contribution in [3.63, 3.8) is 0 Å². The quantitative estimate of drug-likeness (QED) is 0.0358. The molecule has 0 saturated carbocycles. The molecule has 2 aromatic rings. The molecule has 0 N–H and O–H groups in total. The van der Waals surface area contributed by atoms with Crippen molar-refractivity contribution in [1.82, 2.24) is 0 Å². The molecule has 102 heavy (non-hydrogen) atoms. The smallest absolute Gasteiger partial charge is 0.0654 e. The molecule has 0 saturated heterocycles. The Balaban J connectivity index is 0.000000700. The second kappa shape index (κ2) is 77.2. The standard InChI is InChI=1S/C45H70N2.2C27H55.Ni/c1-5-9-13-16-19-23-26-38-30-34-40(35-31-38)44-42(28-22-12-8-4)43(29-25-21-18-15-11-7-3)45(47(44)46)41-36-32-39(33-37-41)27-24-20-17-14-10-6-2;2*1-3-5-7-9-11-13-15-17-19-21-23-25-27-26-24-22-20-18-16-14-12-10-8-6-4-2;/h30-37H,5-29H2,1-4H3;2*1,3-27H2,2H3;. The monoisotopic (exact) mass is 1460 g/mol. The van der Waals surface area contributed by atoms with E-state index in [-0.39, 0.29) is 0 Å². The van der Waals surface area contributed by atoms with Crippen LogP contribution in [0.1, 0.15) is 533 Å². The molecule has 596 valence electrons. The van der Waals surface area contributed by atoms with Crippen molar-refractivity contribution in [2.75, 3.05) is 0 Å². The summed E-state index contributed by atoms with van der Waals surface area (Å²) in [5.74, 6) is 0. The van der Waals surface area contributed by atoms with Gasteiger partial charge in [0, 0.05) is 22.3 Å². The topological polar surface area (TPSA) is 25.3 Å². The second-order valence-corrected chi connectivity index (χ2v) is 34.3. The van der Waals surface area contributed by atoms with Gasteiger partial charge in [0.25, 0.3) is 0 Å². The first-order valence-corrected chi connectivity index (χ1v) is 48.5.